The van der Waals surface area contributed by atoms with Crippen LogP contribution in [0.15, 0.2) is 35.8 Å². The highest BCUT2D eigenvalue weighted by Crippen LogP contribution is 2.21. The quantitative estimate of drug-likeness (QED) is 0.859. The molecule has 0 spiro atoms. The molecule has 1 aromatic carbocycles. The molecule has 1 amide bonds. The lowest BCUT2D eigenvalue weighted by atomic mass is 10.2. The minimum atomic E-state index is -0.0959. The second-order valence-electron chi connectivity index (χ2n) is 3.97. The fraction of sp³-hybridized carbons (Fsp3) is 0.214. The topological polar surface area (TPSA) is 57.0 Å². The summed E-state index contributed by atoms with van der Waals surface area (Å²) < 4.78 is 0. The van der Waals surface area contributed by atoms with E-state index in [2.05, 4.69) is 11.1 Å². The summed E-state index contributed by atoms with van der Waals surface area (Å²) in [7, 11) is 0. The number of carbonyl (C=O) groups excluding carboxylic acids is 1. The maximum atomic E-state index is 12.5. The third-order valence-electron chi connectivity index (χ3n) is 2.70. The molecule has 0 fully saturated rings. The first-order chi connectivity index (χ1) is 9.24. The predicted octanol–water partition coefficient (Wildman–Crippen LogP) is 3.01. The molecule has 0 saturated carbocycles. The Labute approximate surface area is 115 Å². The van der Waals surface area contributed by atoms with Crippen LogP contribution in [0.4, 0.5) is 5.69 Å². The van der Waals surface area contributed by atoms with Gasteiger partial charge in [0, 0.05) is 12.2 Å². The van der Waals surface area contributed by atoms with E-state index < -0.39 is 0 Å². The number of thiazole rings is 1. The number of para-hydroxylation sites is 1. The second-order valence-corrected chi connectivity index (χ2v) is 4.82. The van der Waals surface area contributed by atoms with Gasteiger partial charge in [-0.15, -0.1) is 11.3 Å². The Bertz CT molecular complexity index is 601. The van der Waals surface area contributed by atoms with E-state index in [4.69, 9.17) is 5.26 Å². The van der Waals surface area contributed by atoms with Crippen LogP contribution in [0.3, 0.4) is 0 Å². The number of rotatable bonds is 4. The zero-order valence-electron chi connectivity index (χ0n) is 10.5. The van der Waals surface area contributed by atoms with Crippen molar-refractivity contribution in [1.82, 2.24) is 4.98 Å². The van der Waals surface area contributed by atoms with Gasteiger partial charge in [0.05, 0.1) is 23.7 Å². The summed E-state index contributed by atoms with van der Waals surface area (Å²) in [4.78, 5) is 18.9. The van der Waals surface area contributed by atoms with Crippen LogP contribution in [-0.4, -0.2) is 17.4 Å². The number of benzene rings is 1. The summed E-state index contributed by atoms with van der Waals surface area (Å²) in [5.74, 6) is -0.0959. The van der Waals surface area contributed by atoms with E-state index in [-0.39, 0.29) is 5.91 Å². The molecular formula is C14H13N3OS. The van der Waals surface area contributed by atoms with Gasteiger partial charge >= 0.3 is 0 Å². The van der Waals surface area contributed by atoms with Gasteiger partial charge in [0.2, 0.25) is 0 Å². The van der Waals surface area contributed by atoms with E-state index in [1.807, 2.05) is 37.3 Å². The van der Waals surface area contributed by atoms with Crippen LogP contribution in [0, 0.1) is 18.3 Å². The molecule has 19 heavy (non-hydrogen) atoms. The molecule has 4 nitrogen and oxygen atoms in total. The molecule has 0 aliphatic carbocycles. The second kappa shape index (κ2) is 6.12. The number of aromatic nitrogens is 1. The smallest absolute Gasteiger partial charge is 0.270 e. The maximum Gasteiger partial charge on any atom is 0.270 e. The monoisotopic (exact) mass is 271 g/mol. The van der Waals surface area contributed by atoms with E-state index >= 15 is 0 Å². The first-order valence-corrected chi connectivity index (χ1v) is 6.76. The highest BCUT2D eigenvalue weighted by molar-refractivity contribution is 7.12. The number of hydrogen-bond acceptors (Lipinski definition) is 4. The van der Waals surface area contributed by atoms with Crippen molar-refractivity contribution in [1.29, 1.82) is 5.26 Å². The number of nitriles is 1. The third kappa shape index (κ3) is 2.98. The first kappa shape index (κ1) is 13.2. The van der Waals surface area contributed by atoms with E-state index in [1.54, 1.807) is 10.4 Å². The van der Waals surface area contributed by atoms with E-state index in [0.29, 0.717) is 17.8 Å². The molecule has 1 heterocycles. The van der Waals surface area contributed by atoms with Crippen molar-refractivity contribution >= 4 is 22.9 Å². The highest BCUT2D eigenvalue weighted by Gasteiger charge is 2.20. The summed E-state index contributed by atoms with van der Waals surface area (Å²) in [5, 5.41) is 8.73. The minimum absolute atomic E-state index is 0.0959. The number of hydrogen-bond donors (Lipinski definition) is 0. The van der Waals surface area contributed by atoms with Gasteiger partial charge in [-0.3, -0.25) is 4.79 Å². The number of amides is 1. The lowest BCUT2D eigenvalue weighted by Crippen LogP contribution is -2.31. The molecule has 1 aromatic heterocycles. The molecule has 0 unspecified atom stereocenters. The Hall–Kier alpha value is -2.19. The normalized spacial score (nSPS) is 9.89. The van der Waals surface area contributed by atoms with Crippen molar-refractivity contribution in [2.75, 3.05) is 11.4 Å². The number of anilines is 1. The Morgan fingerprint density at radius 3 is 2.74 bits per heavy atom. The van der Waals surface area contributed by atoms with Gasteiger partial charge in [-0.1, -0.05) is 18.2 Å². The van der Waals surface area contributed by atoms with Crippen LogP contribution in [0.1, 0.15) is 21.8 Å². The van der Waals surface area contributed by atoms with Crippen molar-refractivity contribution in [2.24, 2.45) is 0 Å². The van der Waals surface area contributed by atoms with Crippen LogP contribution < -0.4 is 4.90 Å². The van der Waals surface area contributed by atoms with Crippen LogP contribution in [0.25, 0.3) is 0 Å². The van der Waals surface area contributed by atoms with Gasteiger partial charge in [0.1, 0.15) is 4.88 Å². The van der Waals surface area contributed by atoms with Crippen molar-refractivity contribution < 1.29 is 4.79 Å². The number of nitrogens with zero attached hydrogens (tertiary/aromatic N) is 3. The van der Waals surface area contributed by atoms with E-state index in [9.17, 15) is 4.79 Å². The van der Waals surface area contributed by atoms with Crippen molar-refractivity contribution in [3.8, 4) is 6.07 Å². The molecule has 0 bridgehead atoms. The van der Waals surface area contributed by atoms with Gasteiger partial charge in [0.15, 0.2) is 0 Å². The molecular weight excluding hydrogens is 258 g/mol. The van der Waals surface area contributed by atoms with Gasteiger partial charge in [-0.25, -0.2) is 4.98 Å². The van der Waals surface area contributed by atoms with Crippen LogP contribution in [0.5, 0.6) is 0 Å². The lowest BCUT2D eigenvalue weighted by Gasteiger charge is -2.21. The summed E-state index contributed by atoms with van der Waals surface area (Å²) in [6.07, 6.45) is 0.304. The molecule has 0 saturated heterocycles. The Morgan fingerprint density at radius 2 is 2.16 bits per heavy atom. The van der Waals surface area contributed by atoms with Crippen LogP contribution in [0.2, 0.25) is 0 Å². The maximum absolute atomic E-state index is 12.5. The minimum Gasteiger partial charge on any atom is -0.307 e. The van der Waals surface area contributed by atoms with E-state index in [0.717, 1.165) is 11.4 Å². The SMILES string of the molecule is Cc1ncsc1C(=O)N(CCC#N)c1ccccc1. The van der Waals surface area contributed by atoms with Crippen molar-refractivity contribution in [3.05, 3.63) is 46.4 Å². The molecule has 2 aromatic rings. The highest BCUT2D eigenvalue weighted by atomic mass is 32.1. The molecule has 0 aliphatic heterocycles. The zero-order valence-corrected chi connectivity index (χ0v) is 11.4. The summed E-state index contributed by atoms with van der Waals surface area (Å²) in [6.45, 7) is 2.20. The Balaban J connectivity index is 2.31. The van der Waals surface area contributed by atoms with Crippen LogP contribution >= 0.6 is 11.3 Å². The Morgan fingerprint density at radius 1 is 1.42 bits per heavy atom. The number of carbonyl (C=O) groups is 1. The average molecular weight is 271 g/mol. The summed E-state index contributed by atoms with van der Waals surface area (Å²) in [5.41, 5.74) is 3.19. The summed E-state index contributed by atoms with van der Waals surface area (Å²) in [6, 6.07) is 11.5. The standard InChI is InChI=1S/C14H13N3OS/c1-11-13(19-10-16-11)14(18)17(9-5-8-15)12-6-3-2-4-7-12/h2-4,6-7,10H,5,9H2,1H3. The first-order valence-electron chi connectivity index (χ1n) is 5.88. The van der Waals surface area contributed by atoms with Gasteiger partial charge in [-0.05, 0) is 19.1 Å². The zero-order chi connectivity index (χ0) is 13.7. The summed E-state index contributed by atoms with van der Waals surface area (Å²) >= 11 is 1.33. The average Bonchev–Trinajstić information content (AvgIpc) is 2.86. The fourth-order valence-corrected chi connectivity index (χ4v) is 2.50. The van der Waals surface area contributed by atoms with Crippen molar-refractivity contribution in [2.45, 2.75) is 13.3 Å². The predicted molar refractivity (Wildman–Crippen MR) is 75.2 cm³/mol. The van der Waals surface area contributed by atoms with E-state index in [1.165, 1.54) is 11.3 Å². The molecule has 2 rings (SSSR count). The lowest BCUT2D eigenvalue weighted by molar-refractivity contribution is 0.0990. The molecule has 5 heteroatoms. The number of aryl methyl sites for hydroxylation is 1. The van der Waals surface area contributed by atoms with Gasteiger partial charge in [-0.2, -0.15) is 5.26 Å². The fourth-order valence-electron chi connectivity index (χ4n) is 1.75. The molecule has 0 radical (unpaired) electrons. The molecule has 0 atom stereocenters. The third-order valence-corrected chi connectivity index (χ3v) is 3.62. The van der Waals surface area contributed by atoms with Gasteiger partial charge in [0.25, 0.3) is 5.91 Å². The van der Waals surface area contributed by atoms with Crippen molar-refractivity contribution in [3.63, 3.8) is 0 Å². The molecule has 96 valence electrons. The Kier molecular flexibility index (Phi) is 4.26. The van der Waals surface area contributed by atoms with Gasteiger partial charge < -0.3 is 4.90 Å². The molecule has 0 N–H and O–H groups in total. The van der Waals surface area contributed by atoms with Crippen LogP contribution in [-0.2, 0) is 0 Å². The molecule has 0 aliphatic rings. The largest absolute Gasteiger partial charge is 0.307 e.